The molecule has 0 saturated heterocycles. The molecule has 0 aliphatic heterocycles. The SMILES string of the molecule is NC1(Cc2ncccc2C(F)(F)F)CC1. The van der Waals surface area contributed by atoms with Gasteiger partial charge in [0.25, 0.3) is 0 Å². The number of rotatable bonds is 2. The molecule has 0 radical (unpaired) electrons. The van der Waals surface area contributed by atoms with Crippen LogP contribution in [0, 0.1) is 0 Å². The molecule has 0 unspecified atom stereocenters. The predicted molar refractivity (Wildman–Crippen MR) is 49.1 cm³/mol. The molecule has 1 aliphatic rings. The third-order valence-corrected chi connectivity index (χ3v) is 2.61. The van der Waals surface area contributed by atoms with E-state index in [4.69, 9.17) is 5.73 Å². The molecule has 1 aliphatic carbocycles. The Balaban J connectivity index is 2.30. The van der Waals surface area contributed by atoms with Gasteiger partial charge in [-0.3, -0.25) is 4.98 Å². The summed E-state index contributed by atoms with van der Waals surface area (Å²) < 4.78 is 37.7. The van der Waals surface area contributed by atoms with Crippen LogP contribution in [-0.4, -0.2) is 10.5 Å². The largest absolute Gasteiger partial charge is 0.418 e. The highest BCUT2D eigenvalue weighted by Crippen LogP contribution is 2.38. The molecule has 1 fully saturated rings. The smallest absolute Gasteiger partial charge is 0.325 e. The molecule has 2 nitrogen and oxygen atoms in total. The van der Waals surface area contributed by atoms with Crippen LogP contribution in [0.3, 0.4) is 0 Å². The number of hydrogen-bond acceptors (Lipinski definition) is 2. The monoisotopic (exact) mass is 216 g/mol. The fourth-order valence-electron chi connectivity index (χ4n) is 1.51. The van der Waals surface area contributed by atoms with Gasteiger partial charge in [-0.25, -0.2) is 0 Å². The van der Waals surface area contributed by atoms with Crippen molar-refractivity contribution in [2.75, 3.05) is 0 Å². The van der Waals surface area contributed by atoms with Crippen LogP contribution in [0.1, 0.15) is 24.1 Å². The Morgan fingerprint density at radius 2 is 2.07 bits per heavy atom. The number of nitrogens with two attached hydrogens (primary N) is 1. The molecule has 0 bridgehead atoms. The maximum Gasteiger partial charge on any atom is 0.418 e. The summed E-state index contributed by atoms with van der Waals surface area (Å²) in [5, 5.41) is 0. The highest BCUT2D eigenvalue weighted by atomic mass is 19.4. The molecule has 2 N–H and O–H groups in total. The zero-order valence-corrected chi connectivity index (χ0v) is 8.01. The van der Waals surface area contributed by atoms with Crippen LogP contribution in [0.4, 0.5) is 13.2 Å². The summed E-state index contributed by atoms with van der Waals surface area (Å²) in [6, 6.07) is 2.34. The Bertz CT molecular complexity index is 369. The molecule has 15 heavy (non-hydrogen) atoms. The summed E-state index contributed by atoms with van der Waals surface area (Å²) in [6.45, 7) is 0. The lowest BCUT2D eigenvalue weighted by Crippen LogP contribution is -2.26. The van der Waals surface area contributed by atoms with Gasteiger partial charge >= 0.3 is 6.18 Å². The number of aromatic nitrogens is 1. The van der Waals surface area contributed by atoms with Crippen LogP contribution in [0.25, 0.3) is 0 Å². The van der Waals surface area contributed by atoms with E-state index in [0.717, 1.165) is 18.9 Å². The fraction of sp³-hybridized carbons (Fsp3) is 0.500. The van der Waals surface area contributed by atoms with Crippen molar-refractivity contribution in [3.63, 3.8) is 0 Å². The minimum Gasteiger partial charge on any atom is -0.325 e. The van der Waals surface area contributed by atoms with Crippen molar-refractivity contribution in [3.8, 4) is 0 Å². The van der Waals surface area contributed by atoms with E-state index in [1.165, 1.54) is 12.3 Å². The van der Waals surface area contributed by atoms with Crippen LogP contribution in [0.15, 0.2) is 18.3 Å². The minimum absolute atomic E-state index is 0.0602. The van der Waals surface area contributed by atoms with E-state index in [2.05, 4.69) is 4.98 Å². The van der Waals surface area contributed by atoms with Gasteiger partial charge in [0.1, 0.15) is 0 Å². The topological polar surface area (TPSA) is 38.9 Å². The van der Waals surface area contributed by atoms with Gasteiger partial charge in [0, 0.05) is 18.2 Å². The second-order valence-electron chi connectivity index (χ2n) is 4.03. The van der Waals surface area contributed by atoms with Crippen molar-refractivity contribution in [3.05, 3.63) is 29.6 Å². The average Bonchev–Trinajstić information content (AvgIpc) is 2.82. The Hall–Kier alpha value is -1.10. The lowest BCUT2D eigenvalue weighted by molar-refractivity contribution is -0.138. The third kappa shape index (κ3) is 2.28. The van der Waals surface area contributed by atoms with E-state index in [1.54, 1.807) is 0 Å². The molecular formula is C10H11F3N2. The number of hydrogen-bond donors (Lipinski definition) is 1. The molecule has 2 rings (SSSR count). The summed E-state index contributed by atoms with van der Waals surface area (Å²) in [7, 11) is 0. The maximum absolute atomic E-state index is 12.6. The average molecular weight is 216 g/mol. The van der Waals surface area contributed by atoms with E-state index < -0.39 is 17.3 Å². The molecule has 1 aromatic heterocycles. The summed E-state index contributed by atoms with van der Waals surface area (Å²) >= 11 is 0. The lowest BCUT2D eigenvalue weighted by atomic mass is 10.1. The van der Waals surface area contributed by atoms with Gasteiger partial charge in [-0.1, -0.05) is 0 Å². The Morgan fingerprint density at radius 1 is 1.40 bits per heavy atom. The molecule has 1 heterocycles. The van der Waals surface area contributed by atoms with Crippen LogP contribution in [0.5, 0.6) is 0 Å². The Kier molecular flexibility index (Phi) is 2.22. The van der Waals surface area contributed by atoms with Gasteiger partial charge in [-0.05, 0) is 25.0 Å². The van der Waals surface area contributed by atoms with E-state index in [1.807, 2.05) is 0 Å². The van der Waals surface area contributed by atoms with Crippen LogP contribution in [0.2, 0.25) is 0 Å². The first-order valence-corrected chi connectivity index (χ1v) is 4.71. The van der Waals surface area contributed by atoms with Gasteiger partial charge in [-0.15, -0.1) is 0 Å². The van der Waals surface area contributed by atoms with Crippen molar-refractivity contribution in [1.29, 1.82) is 0 Å². The van der Waals surface area contributed by atoms with Crippen LogP contribution >= 0.6 is 0 Å². The Morgan fingerprint density at radius 3 is 2.60 bits per heavy atom. The van der Waals surface area contributed by atoms with Gasteiger partial charge < -0.3 is 5.73 Å². The standard InChI is InChI=1S/C10H11F3N2/c11-10(12,13)7-2-1-5-15-8(7)6-9(14)3-4-9/h1-2,5H,3-4,6,14H2. The summed E-state index contributed by atoms with van der Waals surface area (Å²) in [5.74, 6) is 0. The first-order valence-electron chi connectivity index (χ1n) is 4.71. The molecule has 1 aromatic rings. The first-order chi connectivity index (χ1) is 6.91. The molecule has 0 amide bonds. The maximum atomic E-state index is 12.6. The van der Waals surface area contributed by atoms with Crippen LogP contribution in [-0.2, 0) is 12.6 Å². The quantitative estimate of drug-likeness (QED) is 0.822. The zero-order chi connectivity index (χ0) is 11.1. The molecule has 0 spiro atoms. The molecule has 82 valence electrons. The predicted octanol–water partition coefficient (Wildman–Crippen LogP) is 2.13. The fourth-order valence-corrected chi connectivity index (χ4v) is 1.51. The molecule has 0 atom stereocenters. The van der Waals surface area contributed by atoms with Gasteiger partial charge in [-0.2, -0.15) is 13.2 Å². The second-order valence-corrected chi connectivity index (χ2v) is 4.03. The number of nitrogens with zero attached hydrogens (tertiary/aromatic N) is 1. The number of alkyl halides is 3. The number of halogens is 3. The van der Waals surface area contributed by atoms with Gasteiger partial charge in [0.2, 0.25) is 0 Å². The summed E-state index contributed by atoms with van der Waals surface area (Å²) in [4.78, 5) is 3.77. The normalized spacial score (nSPS) is 18.9. The van der Waals surface area contributed by atoms with Crippen molar-refractivity contribution >= 4 is 0 Å². The summed E-state index contributed by atoms with van der Waals surface area (Å²) in [5.41, 5.74) is 4.73. The molecule has 0 aromatic carbocycles. The lowest BCUT2D eigenvalue weighted by Gasteiger charge is -2.14. The molecule has 5 heteroatoms. The van der Waals surface area contributed by atoms with E-state index in [-0.39, 0.29) is 12.1 Å². The van der Waals surface area contributed by atoms with E-state index >= 15 is 0 Å². The van der Waals surface area contributed by atoms with Crippen LogP contribution < -0.4 is 5.73 Å². The highest BCUT2D eigenvalue weighted by Gasteiger charge is 2.42. The van der Waals surface area contributed by atoms with E-state index in [0.29, 0.717) is 0 Å². The number of pyridine rings is 1. The van der Waals surface area contributed by atoms with Gasteiger partial charge in [0.05, 0.1) is 11.3 Å². The summed E-state index contributed by atoms with van der Waals surface area (Å²) in [6.07, 6.45) is -1.20. The molecule has 1 saturated carbocycles. The highest BCUT2D eigenvalue weighted by molar-refractivity contribution is 5.26. The molecular weight excluding hydrogens is 205 g/mol. The Labute approximate surface area is 85.3 Å². The third-order valence-electron chi connectivity index (χ3n) is 2.61. The second kappa shape index (κ2) is 3.20. The zero-order valence-electron chi connectivity index (χ0n) is 8.01. The van der Waals surface area contributed by atoms with Gasteiger partial charge in [0.15, 0.2) is 0 Å². The minimum atomic E-state index is -4.34. The van der Waals surface area contributed by atoms with Crippen molar-refractivity contribution < 1.29 is 13.2 Å². The first kappa shape index (κ1) is 10.4. The van der Waals surface area contributed by atoms with Crippen molar-refractivity contribution in [2.24, 2.45) is 5.73 Å². The van der Waals surface area contributed by atoms with Crippen molar-refractivity contribution in [1.82, 2.24) is 4.98 Å². The van der Waals surface area contributed by atoms with Crippen molar-refractivity contribution in [2.45, 2.75) is 31.0 Å². The van der Waals surface area contributed by atoms with E-state index in [9.17, 15) is 13.2 Å².